The van der Waals surface area contributed by atoms with E-state index in [9.17, 15) is 9.18 Å². The summed E-state index contributed by atoms with van der Waals surface area (Å²) in [7, 11) is 0. The Hall–Kier alpha value is -2.92. The maximum Gasteiger partial charge on any atom is 0.270 e. The van der Waals surface area contributed by atoms with E-state index in [0.717, 1.165) is 16.9 Å². The molecule has 6 heteroatoms. The number of amides is 1. The number of benzene rings is 2. The smallest absolute Gasteiger partial charge is 0.270 e. The van der Waals surface area contributed by atoms with Gasteiger partial charge in [-0.25, -0.2) is 4.39 Å². The molecule has 2 N–H and O–H groups in total. The van der Waals surface area contributed by atoms with Crippen molar-refractivity contribution in [2.45, 2.75) is 6.54 Å². The SMILES string of the molecule is O=C(NCc1ccc(F)cc1)c1cc(Nc2cccc(Cl)c2)ccn1. The van der Waals surface area contributed by atoms with Crippen LogP contribution in [0, 0.1) is 5.82 Å². The highest BCUT2D eigenvalue weighted by Crippen LogP contribution is 2.20. The summed E-state index contributed by atoms with van der Waals surface area (Å²) in [6.45, 7) is 0.298. The Bertz CT molecular complexity index is 884. The third kappa shape index (κ3) is 4.78. The zero-order valence-corrected chi connectivity index (χ0v) is 13.9. The summed E-state index contributed by atoms with van der Waals surface area (Å²) in [5.41, 5.74) is 2.64. The Morgan fingerprint density at radius 1 is 1.04 bits per heavy atom. The van der Waals surface area contributed by atoms with Crippen molar-refractivity contribution in [3.8, 4) is 0 Å². The molecule has 0 saturated heterocycles. The van der Waals surface area contributed by atoms with Crippen molar-refractivity contribution >= 4 is 28.9 Å². The van der Waals surface area contributed by atoms with Gasteiger partial charge in [0.25, 0.3) is 5.91 Å². The van der Waals surface area contributed by atoms with E-state index in [-0.39, 0.29) is 17.4 Å². The number of carbonyl (C=O) groups is 1. The highest BCUT2D eigenvalue weighted by atomic mass is 35.5. The lowest BCUT2D eigenvalue weighted by Crippen LogP contribution is -2.23. The highest BCUT2D eigenvalue weighted by molar-refractivity contribution is 6.30. The Kier molecular flexibility index (Phi) is 5.26. The Balaban J connectivity index is 1.65. The molecule has 3 aromatic rings. The average molecular weight is 356 g/mol. The van der Waals surface area contributed by atoms with Crippen LogP contribution >= 0.6 is 11.6 Å². The van der Waals surface area contributed by atoms with E-state index in [0.29, 0.717) is 11.6 Å². The standard InChI is InChI=1S/C19H15ClFN3O/c20-14-2-1-3-16(10-14)24-17-8-9-22-18(11-17)19(25)23-12-13-4-6-15(21)7-5-13/h1-11H,12H2,(H,22,24)(H,23,25). The first-order chi connectivity index (χ1) is 12.1. The van der Waals surface area contributed by atoms with Gasteiger partial charge < -0.3 is 10.6 Å². The molecule has 2 aromatic carbocycles. The Morgan fingerprint density at radius 3 is 2.56 bits per heavy atom. The number of hydrogen-bond donors (Lipinski definition) is 2. The molecule has 1 heterocycles. The lowest BCUT2D eigenvalue weighted by atomic mass is 10.2. The number of nitrogens with one attached hydrogen (secondary N) is 2. The van der Waals surface area contributed by atoms with E-state index in [1.54, 1.807) is 42.6 Å². The summed E-state index contributed by atoms with van der Waals surface area (Å²) < 4.78 is 12.9. The minimum absolute atomic E-state index is 0.286. The van der Waals surface area contributed by atoms with E-state index in [1.165, 1.54) is 12.1 Å². The molecule has 0 aliphatic heterocycles. The number of halogens is 2. The van der Waals surface area contributed by atoms with Gasteiger partial charge in [0.05, 0.1) is 0 Å². The summed E-state index contributed by atoms with van der Waals surface area (Å²) in [5.74, 6) is -0.615. The summed E-state index contributed by atoms with van der Waals surface area (Å²) in [4.78, 5) is 16.3. The zero-order valence-electron chi connectivity index (χ0n) is 13.2. The second-order valence-corrected chi connectivity index (χ2v) is 5.81. The van der Waals surface area contributed by atoms with Crippen LogP contribution in [-0.2, 0) is 6.54 Å². The van der Waals surface area contributed by atoms with Crippen molar-refractivity contribution in [1.82, 2.24) is 10.3 Å². The van der Waals surface area contributed by atoms with Crippen molar-refractivity contribution in [1.29, 1.82) is 0 Å². The van der Waals surface area contributed by atoms with Crippen LogP contribution in [0.15, 0.2) is 66.9 Å². The Morgan fingerprint density at radius 2 is 1.80 bits per heavy atom. The zero-order chi connectivity index (χ0) is 17.6. The number of anilines is 2. The molecule has 25 heavy (non-hydrogen) atoms. The van der Waals surface area contributed by atoms with E-state index in [1.807, 2.05) is 12.1 Å². The van der Waals surface area contributed by atoms with Gasteiger partial charge in [-0.05, 0) is 48.0 Å². The van der Waals surface area contributed by atoms with Gasteiger partial charge in [0.1, 0.15) is 11.5 Å². The second kappa shape index (κ2) is 7.77. The monoisotopic (exact) mass is 355 g/mol. The van der Waals surface area contributed by atoms with Gasteiger partial charge in [0.15, 0.2) is 0 Å². The predicted molar refractivity (Wildman–Crippen MR) is 96.5 cm³/mol. The summed E-state index contributed by atoms with van der Waals surface area (Å²) in [5, 5.41) is 6.56. The molecule has 0 spiro atoms. The fraction of sp³-hybridized carbons (Fsp3) is 0.0526. The van der Waals surface area contributed by atoms with Gasteiger partial charge in [-0.15, -0.1) is 0 Å². The first-order valence-electron chi connectivity index (χ1n) is 7.61. The molecule has 0 aliphatic rings. The summed E-state index contributed by atoms with van der Waals surface area (Å²) in [6.07, 6.45) is 1.56. The van der Waals surface area contributed by atoms with Crippen LogP contribution in [0.2, 0.25) is 5.02 Å². The molecule has 1 amide bonds. The molecule has 0 radical (unpaired) electrons. The third-order valence-corrected chi connectivity index (χ3v) is 3.71. The fourth-order valence-electron chi connectivity index (χ4n) is 2.24. The van der Waals surface area contributed by atoms with Crippen LogP contribution in [0.1, 0.15) is 16.1 Å². The quantitative estimate of drug-likeness (QED) is 0.706. The van der Waals surface area contributed by atoms with E-state index >= 15 is 0 Å². The normalized spacial score (nSPS) is 10.3. The van der Waals surface area contributed by atoms with Gasteiger partial charge in [0, 0.05) is 29.1 Å². The number of rotatable bonds is 5. The van der Waals surface area contributed by atoms with Crippen molar-refractivity contribution in [3.63, 3.8) is 0 Å². The number of aromatic nitrogens is 1. The number of carbonyl (C=O) groups excluding carboxylic acids is 1. The first kappa shape index (κ1) is 16.9. The highest BCUT2D eigenvalue weighted by Gasteiger charge is 2.08. The topological polar surface area (TPSA) is 54.0 Å². The molecule has 4 nitrogen and oxygen atoms in total. The second-order valence-electron chi connectivity index (χ2n) is 5.37. The molecule has 0 unspecified atom stereocenters. The lowest BCUT2D eigenvalue weighted by molar-refractivity contribution is 0.0946. The number of nitrogens with zero attached hydrogens (tertiary/aromatic N) is 1. The number of pyridine rings is 1. The largest absolute Gasteiger partial charge is 0.355 e. The van der Waals surface area contributed by atoms with Crippen molar-refractivity contribution in [2.75, 3.05) is 5.32 Å². The molecule has 0 aliphatic carbocycles. The molecule has 0 atom stereocenters. The van der Waals surface area contributed by atoms with Crippen LogP contribution in [0.3, 0.4) is 0 Å². The molecular formula is C19H15ClFN3O. The number of hydrogen-bond acceptors (Lipinski definition) is 3. The molecule has 0 bridgehead atoms. The fourth-order valence-corrected chi connectivity index (χ4v) is 2.43. The van der Waals surface area contributed by atoms with Crippen LogP contribution in [0.25, 0.3) is 0 Å². The van der Waals surface area contributed by atoms with Crippen molar-refractivity contribution in [3.05, 3.63) is 89.0 Å². The molecule has 1 aromatic heterocycles. The maximum absolute atomic E-state index is 12.9. The molecule has 126 valence electrons. The molecule has 3 rings (SSSR count). The van der Waals surface area contributed by atoms with Crippen molar-refractivity contribution in [2.24, 2.45) is 0 Å². The average Bonchev–Trinajstić information content (AvgIpc) is 2.61. The van der Waals surface area contributed by atoms with Gasteiger partial charge >= 0.3 is 0 Å². The van der Waals surface area contributed by atoms with Crippen molar-refractivity contribution < 1.29 is 9.18 Å². The van der Waals surface area contributed by atoms with Crippen LogP contribution in [0.4, 0.5) is 15.8 Å². The summed E-state index contributed by atoms with van der Waals surface area (Å²) >= 11 is 5.96. The first-order valence-corrected chi connectivity index (χ1v) is 7.99. The Labute approximate surface area is 149 Å². The van der Waals surface area contributed by atoms with E-state index in [4.69, 9.17) is 11.6 Å². The van der Waals surface area contributed by atoms with Gasteiger partial charge in [-0.1, -0.05) is 29.8 Å². The maximum atomic E-state index is 12.9. The molecule has 0 saturated carbocycles. The van der Waals surface area contributed by atoms with Gasteiger partial charge in [-0.2, -0.15) is 0 Å². The van der Waals surface area contributed by atoms with E-state index in [2.05, 4.69) is 15.6 Å². The van der Waals surface area contributed by atoms with Gasteiger partial charge in [0.2, 0.25) is 0 Å². The third-order valence-electron chi connectivity index (χ3n) is 3.47. The molecular weight excluding hydrogens is 341 g/mol. The van der Waals surface area contributed by atoms with Crippen LogP contribution < -0.4 is 10.6 Å². The predicted octanol–water partition coefficient (Wildman–Crippen LogP) is 4.55. The van der Waals surface area contributed by atoms with Crippen LogP contribution in [-0.4, -0.2) is 10.9 Å². The van der Waals surface area contributed by atoms with Crippen LogP contribution in [0.5, 0.6) is 0 Å². The lowest BCUT2D eigenvalue weighted by Gasteiger charge is -2.09. The minimum atomic E-state index is -0.309. The summed E-state index contributed by atoms with van der Waals surface area (Å²) in [6, 6.07) is 16.7. The van der Waals surface area contributed by atoms with Gasteiger partial charge in [-0.3, -0.25) is 9.78 Å². The molecule has 0 fully saturated rings. The van der Waals surface area contributed by atoms with E-state index < -0.39 is 0 Å². The minimum Gasteiger partial charge on any atom is -0.355 e.